The van der Waals surface area contributed by atoms with Gasteiger partial charge in [-0.1, -0.05) is 29.8 Å². The van der Waals surface area contributed by atoms with Crippen LogP contribution in [0.2, 0.25) is 0 Å². The number of amides is 1. The lowest BCUT2D eigenvalue weighted by atomic mass is 10.0. The lowest BCUT2D eigenvalue weighted by Gasteiger charge is -2.23. The second-order valence-corrected chi connectivity index (χ2v) is 5.71. The van der Waals surface area contributed by atoms with Crippen molar-refractivity contribution in [3.63, 3.8) is 0 Å². The summed E-state index contributed by atoms with van der Waals surface area (Å²) in [5.74, 6) is -0.980. The van der Waals surface area contributed by atoms with E-state index in [4.69, 9.17) is 9.84 Å². The average molecular weight is 279 g/mol. The first-order valence-electron chi connectivity index (χ1n) is 6.45. The van der Waals surface area contributed by atoms with Gasteiger partial charge in [-0.2, -0.15) is 0 Å². The van der Waals surface area contributed by atoms with E-state index in [-0.39, 0.29) is 6.42 Å². The minimum Gasteiger partial charge on any atom is -0.481 e. The lowest BCUT2D eigenvalue weighted by molar-refractivity contribution is -0.137. The molecule has 5 nitrogen and oxygen atoms in total. The van der Waals surface area contributed by atoms with Crippen molar-refractivity contribution in [1.82, 2.24) is 5.32 Å². The van der Waals surface area contributed by atoms with E-state index in [1.165, 1.54) is 0 Å². The summed E-state index contributed by atoms with van der Waals surface area (Å²) < 4.78 is 5.15. The zero-order chi connectivity index (χ0) is 15.3. The van der Waals surface area contributed by atoms with Crippen LogP contribution < -0.4 is 5.32 Å². The Kier molecular flexibility index (Phi) is 5.13. The summed E-state index contributed by atoms with van der Waals surface area (Å²) in [4.78, 5) is 22.7. The molecule has 110 valence electrons. The van der Waals surface area contributed by atoms with Gasteiger partial charge < -0.3 is 15.2 Å². The van der Waals surface area contributed by atoms with Crippen LogP contribution in [0.3, 0.4) is 0 Å². The number of carbonyl (C=O) groups is 2. The van der Waals surface area contributed by atoms with Crippen LogP contribution >= 0.6 is 0 Å². The highest BCUT2D eigenvalue weighted by atomic mass is 16.6. The van der Waals surface area contributed by atoms with Crippen molar-refractivity contribution >= 4 is 12.1 Å². The van der Waals surface area contributed by atoms with Crippen molar-refractivity contribution in [1.29, 1.82) is 0 Å². The fourth-order valence-electron chi connectivity index (χ4n) is 1.68. The predicted octanol–water partition coefficient (Wildman–Crippen LogP) is 3.04. The molecule has 0 saturated carbocycles. The van der Waals surface area contributed by atoms with Crippen LogP contribution in [0.5, 0.6) is 0 Å². The van der Waals surface area contributed by atoms with Crippen LogP contribution in [0.4, 0.5) is 4.79 Å². The van der Waals surface area contributed by atoms with Gasteiger partial charge in [0, 0.05) is 0 Å². The maximum absolute atomic E-state index is 11.8. The first-order chi connectivity index (χ1) is 9.17. The lowest BCUT2D eigenvalue weighted by Crippen LogP contribution is -2.35. The zero-order valence-corrected chi connectivity index (χ0v) is 12.3. The number of rotatable bonds is 4. The molecule has 0 saturated heterocycles. The number of hydrogen-bond donors (Lipinski definition) is 2. The summed E-state index contributed by atoms with van der Waals surface area (Å²) in [7, 11) is 0. The van der Waals surface area contributed by atoms with Gasteiger partial charge in [0.2, 0.25) is 0 Å². The minimum absolute atomic E-state index is 0.192. The SMILES string of the molecule is Cc1ccc([C@H](CC(=O)O)NC(=O)OC(C)(C)C)cc1. The number of ether oxygens (including phenoxy) is 1. The number of alkyl carbamates (subject to hydrolysis) is 1. The van der Waals surface area contributed by atoms with Gasteiger partial charge in [0.25, 0.3) is 0 Å². The molecule has 1 amide bonds. The Morgan fingerprint density at radius 2 is 1.80 bits per heavy atom. The Labute approximate surface area is 118 Å². The molecule has 0 fully saturated rings. The van der Waals surface area contributed by atoms with E-state index in [0.29, 0.717) is 0 Å². The number of carboxylic acid groups (broad SMARTS) is 1. The topological polar surface area (TPSA) is 75.6 Å². The fraction of sp³-hybridized carbons (Fsp3) is 0.467. The molecule has 1 rings (SSSR count). The maximum atomic E-state index is 11.8. The molecule has 0 aliphatic rings. The quantitative estimate of drug-likeness (QED) is 0.888. The maximum Gasteiger partial charge on any atom is 0.408 e. The first-order valence-corrected chi connectivity index (χ1v) is 6.45. The van der Waals surface area contributed by atoms with E-state index in [0.717, 1.165) is 11.1 Å². The molecule has 1 atom stereocenters. The Hall–Kier alpha value is -2.04. The summed E-state index contributed by atoms with van der Waals surface area (Å²) in [6, 6.07) is 6.76. The Morgan fingerprint density at radius 3 is 2.25 bits per heavy atom. The highest BCUT2D eigenvalue weighted by Crippen LogP contribution is 2.18. The highest BCUT2D eigenvalue weighted by molar-refractivity contribution is 5.72. The molecule has 0 radical (unpaired) electrons. The third-order valence-electron chi connectivity index (χ3n) is 2.55. The van der Waals surface area contributed by atoms with Crippen LogP contribution in [0, 0.1) is 6.92 Å². The molecule has 1 aromatic carbocycles. The van der Waals surface area contributed by atoms with Gasteiger partial charge in [-0.15, -0.1) is 0 Å². The molecule has 0 unspecified atom stereocenters. The summed E-state index contributed by atoms with van der Waals surface area (Å²) in [5.41, 5.74) is 1.19. The van der Waals surface area contributed by atoms with Crippen molar-refractivity contribution in [3.8, 4) is 0 Å². The monoisotopic (exact) mass is 279 g/mol. The molecular formula is C15H21NO4. The van der Waals surface area contributed by atoms with Crippen molar-refractivity contribution in [2.45, 2.75) is 45.8 Å². The Morgan fingerprint density at radius 1 is 1.25 bits per heavy atom. The van der Waals surface area contributed by atoms with Gasteiger partial charge in [0.05, 0.1) is 12.5 Å². The van der Waals surface area contributed by atoms with Crippen LogP contribution in [0.15, 0.2) is 24.3 Å². The Bertz CT molecular complexity index is 474. The van der Waals surface area contributed by atoms with Crippen molar-refractivity contribution in [3.05, 3.63) is 35.4 Å². The summed E-state index contributed by atoms with van der Waals surface area (Å²) in [5, 5.41) is 11.6. The highest BCUT2D eigenvalue weighted by Gasteiger charge is 2.22. The van der Waals surface area contributed by atoms with Crippen LogP contribution in [-0.4, -0.2) is 22.8 Å². The van der Waals surface area contributed by atoms with Crippen LogP contribution in [-0.2, 0) is 9.53 Å². The van der Waals surface area contributed by atoms with Crippen LogP contribution in [0.25, 0.3) is 0 Å². The molecule has 0 aliphatic heterocycles. The summed E-state index contributed by atoms with van der Waals surface area (Å²) >= 11 is 0. The number of hydrogen-bond acceptors (Lipinski definition) is 3. The summed E-state index contributed by atoms with van der Waals surface area (Å²) in [6.07, 6.45) is -0.813. The summed E-state index contributed by atoms with van der Waals surface area (Å²) in [6.45, 7) is 7.21. The van der Waals surface area contributed by atoms with E-state index in [1.54, 1.807) is 32.9 Å². The number of carbonyl (C=O) groups excluding carboxylic acids is 1. The van der Waals surface area contributed by atoms with Crippen molar-refractivity contribution < 1.29 is 19.4 Å². The number of aliphatic carboxylic acids is 1. The normalized spacial score (nSPS) is 12.6. The third kappa shape index (κ3) is 5.73. The fourth-order valence-corrected chi connectivity index (χ4v) is 1.68. The van der Waals surface area contributed by atoms with Crippen LogP contribution in [0.1, 0.15) is 44.4 Å². The number of benzene rings is 1. The number of nitrogens with one attached hydrogen (secondary N) is 1. The van der Waals surface area contributed by atoms with E-state index >= 15 is 0 Å². The molecule has 2 N–H and O–H groups in total. The zero-order valence-electron chi connectivity index (χ0n) is 12.3. The first kappa shape index (κ1) is 16.0. The average Bonchev–Trinajstić information content (AvgIpc) is 2.25. The van der Waals surface area contributed by atoms with Gasteiger partial charge in [-0.25, -0.2) is 4.79 Å². The molecule has 0 heterocycles. The van der Waals surface area contributed by atoms with E-state index in [1.807, 2.05) is 19.1 Å². The number of aryl methyl sites for hydroxylation is 1. The minimum atomic E-state index is -0.980. The predicted molar refractivity (Wildman–Crippen MR) is 75.5 cm³/mol. The third-order valence-corrected chi connectivity index (χ3v) is 2.55. The van der Waals surface area contributed by atoms with Gasteiger partial charge >= 0.3 is 12.1 Å². The number of carboxylic acids is 1. The van der Waals surface area contributed by atoms with Gasteiger partial charge in [-0.3, -0.25) is 4.79 Å². The molecule has 5 heteroatoms. The van der Waals surface area contributed by atoms with Crippen molar-refractivity contribution in [2.24, 2.45) is 0 Å². The van der Waals surface area contributed by atoms with Gasteiger partial charge in [0.1, 0.15) is 5.60 Å². The van der Waals surface area contributed by atoms with Gasteiger partial charge in [-0.05, 0) is 33.3 Å². The molecule has 1 aromatic rings. The second-order valence-electron chi connectivity index (χ2n) is 5.71. The van der Waals surface area contributed by atoms with Gasteiger partial charge in [0.15, 0.2) is 0 Å². The van der Waals surface area contributed by atoms with Crippen molar-refractivity contribution in [2.75, 3.05) is 0 Å². The molecule has 0 aromatic heterocycles. The molecule has 0 aliphatic carbocycles. The molecule has 0 bridgehead atoms. The Balaban J connectivity index is 2.82. The smallest absolute Gasteiger partial charge is 0.408 e. The second kappa shape index (κ2) is 6.41. The molecule has 20 heavy (non-hydrogen) atoms. The van der Waals surface area contributed by atoms with E-state index in [2.05, 4.69) is 5.32 Å². The largest absolute Gasteiger partial charge is 0.481 e. The molecule has 0 spiro atoms. The molecular weight excluding hydrogens is 258 g/mol. The van der Waals surface area contributed by atoms with E-state index in [9.17, 15) is 9.59 Å². The van der Waals surface area contributed by atoms with E-state index < -0.39 is 23.7 Å². The standard InChI is InChI=1S/C15H21NO4/c1-10-5-7-11(8-6-10)12(9-13(17)18)16-14(19)20-15(2,3)4/h5-8,12H,9H2,1-4H3,(H,16,19)(H,17,18)/t12-/m0/s1.